The van der Waals surface area contributed by atoms with Crippen molar-refractivity contribution in [2.75, 3.05) is 13.1 Å². The number of hydrogen-bond acceptors (Lipinski definition) is 4. The Hall–Kier alpha value is -0.630. The van der Waals surface area contributed by atoms with Gasteiger partial charge in [0.15, 0.2) is 0 Å². The van der Waals surface area contributed by atoms with Crippen LogP contribution in [0.25, 0.3) is 0 Å². The van der Waals surface area contributed by atoms with Crippen molar-refractivity contribution in [1.82, 2.24) is 10.2 Å². The summed E-state index contributed by atoms with van der Waals surface area (Å²) in [6.45, 7) is 16.6. The van der Waals surface area contributed by atoms with Gasteiger partial charge >= 0.3 is 0 Å². The normalized spacial score (nSPS) is 27.9. The molecular formula is C16H31N3O. The first-order valence-corrected chi connectivity index (χ1v) is 7.68. The molecule has 1 aliphatic heterocycles. The minimum Gasteiger partial charge on any atom is -0.370 e. The molecule has 3 unspecified atom stereocenters. The molecule has 20 heavy (non-hydrogen) atoms. The van der Waals surface area contributed by atoms with Gasteiger partial charge in [0.05, 0.1) is 17.8 Å². The number of rotatable bonds is 5. The third-order valence-corrected chi connectivity index (χ3v) is 3.78. The second kappa shape index (κ2) is 6.43. The summed E-state index contributed by atoms with van der Waals surface area (Å²) in [7, 11) is 0. The van der Waals surface area contributed by atoms with E-state index in [1.165, 1.54) is 0 Å². The largest absolute Gasteiger partial charge is 0.370 e. The van der Waals surface area contributed by atoms with E-state index < -0.39 is 5.54 Å². The number of nitrogens with one attached hydrogen (secondary N) is 1. The first-order chi connectivity index (χ1) is 9.07. The molecule has 0 aromatic carbocycles. The van der Waals surface area contributed by atoms with Crippen molar-refractivity contribution in [3.05, 3.63) is 0 Å². The van der Waals surface area contributed by atoms with Crippen LogP contribution in [0, 0.1) is 11.3 Å². The third kappa shape index (κ3) is 5.05. The van der Waals surface area contributed by atoms with Crippen molar-refractivity contribution in [3.8, 4) is 6.07 Å². The SMILES string of the molecule is CC(C)NC(C)(C#N)CC(C)N1CC(C)OC(C)(C)C1. The molecule has 0 amide bonds. The van der Waals surface area contributed by atoms with E-state index in [9.17, 15) is 5.26 Å². The van der Waals surface area contributed by atoms with E-state index in [2.05, 4.69) is 57.8 Å². The Morgan fingerprint density at radius 2 is 2.05 bits per heavy atom. The van der Waals surface area contributed by atoms with Crippen molar-refractivity contribution in [1.29, 1.82) is 5.26 Å². The zero-order valence-corrected chi connectivity index (χ0v) is 14.2. The fraction of sp³-hybridized carbons (Fsp3) is 0.938. The molecule has 0 radical (unpaired) electrons. The fourth-order valence-corrected chi connectivity index (χ4v) is 3.33. The molecule has 1 rings (SSSR count). The van der Waals surface area contributed by atoms with Crippen molar-refractivity contribution < 1.29 is 4.74 Å². The highest BCUT2D eigenvalue weighted by Crippen LogP contribution is 2.25. The van der Waals surface area contributed by atoms with Crippen molar-refractivity contribution in [3.63, 3.8) is 0 Å². The molecule has 4 nitrogen and oxygen atoms in total. The van der Waals surface area contributed by atoms with E-state index in [1.807, 2.05) is 6.92 Å². The highest BCUT2D eigenvalue weighted by Gasteiger charge is 2.36. The summed E-state index contributed by atoms with van der Waals surface area (Å²) in [5.74, 6) is 0. The minimum atomic E-state index is -0.473. The summed E-state index contributed by atoms with van der Waals surface area (Å²) in [5.41, 5.74) is -0.584. The second-order valence-electron chi connectivity index (χ2n) is 7.41. The van der Waals surface area contributed by atoms with Gasteiger partial charge in [-0.15, -0.1) is 0 Å². The van der Waals surface area contributed by atoms with Crippen molar-refractivity contribution in [2.24, 2.45) is 0 Å². The fourth-order valence-electron chi connectivity index (χ4n) is 3.33. The van der Waals surface area contributed by atoms with Gasteiger partial charge < -0.3 is 4.74 Å². The molecule has 0 aromatic rings. The zero-order valence-electron chi connectivity index (χ0n) is 14.2. The third-order valence-electron chi connectivity index (χ3n) is 3.78. The van der Waals surface area contributed by atoms with E-state index in [4.69, 9.17) is 4.74 Å². The van der Waals surface area contributed by atoms with Crippen LogP contribution in [0.4, 0.5) is 0 Å². The molecule has 0 aromatic heterocycles. The van der Waals surface area contributed by atoms with E-state index >= 15 is 0 Å². The Labute approximate surface area is 124 Å². The summed E-state index contributed by atoms with van der Waals surface area (Å²) < 4.78 is 5.95. The van der Waals surface area contributed by atoms with Crippen LogP contribution in [-0.4, -0.2) is 47.3 Å². The Balaban J connectivity index is 2.70. The van der Waals surface area contributed by atoms with Gasteiger partial charge in [0, 0.05) is 25.2 Å². The van der Waals surface area contributed by atoms with Crippen LogP contribution in [0.3, 0.4) is 0 Å². The topological polar surface area (TPSA) is 48.3 Å². The van der Waals surface area contributed by atoms with Gasteiger partial charge in [0.25, 0.3) is 0 Å². The smallest absolute Gasteiger partial charge is 0.105 e. The molecule has 0 saturated carbocycles. The zero-order chi connectivity index (χ0) is 15.6. The Kier molecular flexibility index (Phi) is 5.60. The Bertz CT molecular complexity index is 361. The molecule has 0 bridgehead atoms. The first-order valence-electron chi connectivity index (χ1n) is 7.68. The summed E-state index contributed by atoms with van der Waals surface area (Å²) in [5, 5.41) is 12.9. The number of hydrogen-bond donors (Lipinski definition) is 1. The van der Waals surface area contributed by atoms with Crippen LogP contribution in [0.1, 0.15) is 54.9 Å². The second-order valence-corrected chi connectivity index (χ2v) is 7.41. The molecule has 1 N–H and O–H groups in total. The van der Waals surface area contributed by atoms with Crippen LogP contribution in [0.5, 0.6) is 0 Å². The molecule has 1 fully saturated rings. The van der Waals surface area contributed by atoms with E-state index in [0.29, 0.717) is 12.1 Å². The summed E-state index contributed by atoms with van der Waals surface area (Å²) >= 11 is 0. The van der Waals surface area contributed by atoms with Crippen molar-refractivity contribution in [2.45, 2.75) is 84.2 Å². The van der Waals surface area contributed by atoms with E-state index in [0.717, 1.165) is 19.5 Å². The number of nitrogens with zero attached hydrogens (tertiary/aromatic N) is 2. The summed E-state index contributed by atoms with van der Waals surface area (Å²) in [6, 6.07) is 3.11. The standard InChI is InChI=1S/C16H31N3O/c1-12(2)18-16(7,10-17)8-13(3)19-9-14(4)20-15(5,6)11-19/h12-14,18H,8-9,11H2,1-7H3. The quantitative estimate of drug-likeness (QED) is 0.841. The molecule has 0 aliphatic carbocycles. The molecule has 1 aliphatic rings. The molecule has 1 saturated heterocycles. The van der Waals surface area contributed by atoms with Crippen molar-refractivity contribution >= 4 is 0 Å². The van der Waals surface area contributed by atoms with Gasteiger partial charge in [-0.1, -0.05) is 0 Å². The number of ether oxygens (including phenoxy) is 1. The van der Waals surface area contributed by atoms with Gasteiger partial charge in [-0.05, 0) is 54.9 Å². The predicted molar refractivity (Wildman–Crippen MR) is 82.6 cm³/mol. The van der Waals surface area contributed by atoms with Gasteiger partial charge in [-0.25, -0.2) is 0 Å². The van der Waals surface area contributed by atoms with Crippen LogP contribution < -0.4 is 5.32 Å². The lowest BCUT2D eigenvalue weighted by Crippen LogP contribution is -2.57. The molecule has 1 heterocycles. The minimum absolute atomic E-state index is 0.111. The maximum Gasteiger partial charge on any atom is 0.105 e. The van der Waals surface area contributed by atoms with Gasteiger partial charge in [-0.3, -0.25) is 10.2 Å². The number of morpholine rings is 1. The van der Waals surface area contributed by atoms with Gasteiger partial charge in [-0.2, -0.15) is 5.26 Å². The van der Waals surface area contributed by atoms with Crippen LogP contribution in [0.15, 0.2) is 0 Å². The number of nitriles is 1. The molecule has 116 valence electrons. The van der Waals surface area contributed by atoms with E-state index in [-0.39, 0.29) is 11.7 Å². The maximum absolute atomic E-state index is 9.48. The maximum atomic E-state index is 9.48. The van der Waals surface area contributed by atoms with Crippen LogP contribution in [0.2, 0.25) is 0 Å². The summed E-state index contributed by atoms with van der Waals surface area (Å²) in [4.78, 5) is 2.45. The van der Waals surface area contributed by atoms with Gasteiger partial charge in [0.2, 0.25) is 0 Å². The van der Waals surface area contributed by atoms with Gasteiger partial charge in [0.1, 0.15) is 5.54 Å². The predicted octanol–water partition coefficient (Wildman–Crippen LogP) is 2.54. The summed E-state index contributed by atoms with van der Waals surface area (Å²) in [6.07, 6.45) is 1.07. The van der Waals surface area contributed by atoms with Crippen LogP contribution >= 0.6 is 0 Å². The highest BCUT2D eigenvalue weighted by molar-refractivity contribution is 5.06. The average molecular weight is 281 g/mol. The molecule has 3 atom stereocenters. The monoisotopic (exact) mass is 281 g/mol. The van der Waals surface area contributed by atoms with Crippen LogP contribution in [-0.2, 0) is 4.74 Å². The molecule has 0 spiro atoms. The van der Waals surface area contributed by atoms with E-state index in [1.54, 1.807) is 0 Å². The first kappa shape index (κ1) is 17.4. The molecule has 4 heteroatoms. The lowest BCUT2D eigenvalue weighted by atomic mass is 9.92. The average Bonchev–Trinajstić information content (AvgIpc) is 2.24. The Morgan fingerprint density at radius 1 is 1.45 bits per heavy atom. The lowest BCUT2D eigenvalue weighted by Gasteiger charge is -2.45. The highest BCUT2D eigenvalue weighted by atomic mass is 16.5. The Morgan fingerprint density at radius 3 is 2.50 bits per heavy atom. The lowest BCUT2D eigenvalue weighted by molar-refractivity contribution is -0.138. The molecular weight excluding hydrogens is 250 g/mol.